The first kappa shape index (κ1) is 14.7. The second kappa shape index (κ2) is 6.50. The van der Waals surface area contributed by atoms with Crippen LogP contribution in [0.2, 0.25) is 0 Å². The van der Waals surface area contributed by atoms with Gasteiger partial charge in [0, 0.05) is 23.4 Å². The van der Waals surface area contributed by atoms with Crippen LogP contribution in [0.15, 0.2) is 0 Å². The van der Waals surface area contributed by atoms with Crippen LogP contribution in [0.25, 0.3) is 0 Å². The van der Waals surface area contributed by atoms with Crippen LogP contribution in [-0.2, 0) is 6.54 Å². The molecule has 0 aromatic carbocycles. The molecule has 0 spiro atoms. The summed E-state index contributed by atoms with van der Waals surface area (Å²) in [6.45, 7) is 14.3. The summed E-state index contributed by atoms with van der Waals surface area (Å²) in [6.07, 6.45) is 1.17. The van der Waals surface area contributed by atoms with Crippen molar-refractivity contribution in [3.05, 3.63) is 15.6 Å². The molecule has 0 radical (unpaired) electrons. The first-order valence-corrected chi connectivity index (χ1v) is 7.50. The molecule has 1 N–H and O–H groups in total. The van der Waals surface area contributed by atoms with Gasteiger partial charge in [-0.25, -0.2) is 4.98 Å². The Labute approximate surface area is 110 Å². The van der Waals surface area contributed by atoms with Gasteiger partial charge in [-0.1, -0.05) is 41.5 Å². The standard InChI is InChI=1S/C14H26N2S/c1-7-11(6)14-16-13(9(2)3)12(17-14)8-15-10(4)5/h9-11,15H,7-8H2,1-6H3. The smallest absolute Gasteiger partial charge is 0.0959 e. The van der Waals surface area contributed by atoms with Crippen molar-refractivity contribution in [2.75, 3.05) is 0 Å². The Morgan fingerprint density at radius 1 is 1.18 bits per heavy atom. The SMILES string of the molecule is CCC(C)c1nc(C(C)C)c(CNC(C)C)s1. The third-order valence-electron chi connectivity index (χ3n) is 3.00. The highest BCUT2D eigenvalue weighted by atomic mass is 32.1. The van der Waals surface area contributed by atoms with Crippen LogP contribution < -0.4 is 5.32 Å². The molecular formula is C14H26N2S. The van der Waals surface area contributed by atoms with Crippen LogP contribution >= 0.6 is 11.3 Å². The summed E-state index contributed by atoms with van der Waals surface area (Å²) in [4.78, 5) is 6.26. The fourth-order valence-corrected chi connectivity index (χ4v) is 2.95. The lowest BCUT2D eigenvalue weighted by Gasteiger charge is -2.09. The maximum absolute atomic E-state index is 4.84. The van der Waals surface area contributed by atoms with Crippen molar-refractivity contribution in [3.63, 3.8) is 0 Å². The summed E-state index contributed by atoms with van der Waals surface area (Å²) in [7, 11) is 0. The number of rotatable bonds is 6. The predicted octanol–water partition coefficient (Wildman–Crippen LogP) is 4.28. The number of hydrogen-bond acceptors (Lipinski definition) is 3. The van der Waals surface area contributed by atoms with Gasteiger partial charge < -0.3 is 5.32 Å². The minimum Gasteiger partial charge on any atom is -0.310 e. The number of nitrogens with zero attached hydrogens (tertiary/aromatic N) is 1. The molecule has 2 nitrogen and oxygen atoms in total. The average Bonchev–Trinajstić information content (AvgIpc) is 2.69. The molecule has 0 aliphatic rings. The number of nitrogens with one attached hydrogen (secondary N) is 1. The molecule has 3 heteroatoms. The van der Waals surface area contributed by atoms with Crippen LogP contribution in [0.4, 0.5) is 0 Å². The minimum absolute atomic E-state index is 0.521. The minimum atomic E-state index is 0.521. The molecule has 17 heavy (non-hydrogen) atoms. The molecule has 1 aromatic heterocycles. The summed E-state index contributed by atoms with van der Waals surface area (Å²) in [6, 6.07) is 0.532. The van der Waals surface area contributed by atoms with Crippen LogP contribution in [0.3, 0.4) is 0 Å². The van der Waals surface area contributed by atoms with Gasteiger partial charge in [0.15, 0.2) is 0 Å². The van der Waals surface area contributed by atoms with E-state index in [0.717, 1.165) is 6.54 Å². The molecule has 0 saturated heterocycles. The van der Waals surface area contributed by atoms with Gasteiger partial charge in [-0.3, -0.25) is 0 Å². The largest absolute Gasteiger partial charge is 0.310 e. The van der Waals surface area contributed by atoms with Crippen LogP contribution in [0, 0.1) is 0 Å². The highest BCUT2D eigenvalue weighted by Gasteiger charge is 2.16. The Hall–Kier alpha value is -0.410. The average molecular weight is 254 g/mol. The second-order valence-electron chi connectivity index (χ2n) is 5.36. The zero-order valence-corrected chi connectivity index (χ0v) is 12.8. The molecule has 1 aromatic rings. The first-order chi connectivity index (χ1) is 7.95. The molecule has 1 unspecified atom stereocenters. The van der Waals surface area contributed by atoms with Crippen molar-refractivity contribution >= 4 is 11.3 Å². The molecule has 1 atom stereocenters. The van der Waals surface area contributed by atoms with E-state index in [4.69, 9.17) is 4.98 Å². The van der Waals surface area contributed by atoms with Gasteiger partial charge in [0.25, 0.3) is 0 Å². The number of thiazole rings is 1. The van der Waals surface area contributed by atoms with E-state index >= 15 is 0 Å². The van der Waals surface area contributed by atoms with Gasteiger partial charge in [-0.15, -0.1) is 11.3 Å². The van der Waals surface area contributed by atoms with E-state index < -0.39 is 0 Å². The summed E-state index contributed by atoms with van der Waals surface area (Å²) < 4.78 is 0. The van der Waals surface area contributed by atoms with Crippen molar-refractivity contribution in [1.29, 1.82) is 0 Å². The monoisotopic (exact) mass is 254 g/mol. The van der Waals surface area contributed by atoms with Gasteiger partial charge in [0.05, 0.1) is 10.7 Å². The molecule has 0 aliphatic heterocycles. The van der Waals surface area contributed by atoms with E-state index in [1.807, 2.05) is 11.3 Å². The zero-order valence-electron chi connectivity index (χ0n) is 12.0. The lowest BCUT2D eigenvalue weighted by Crippen LogP contribution is -2.22. The summed E-state index contributed by atoms with van der Waals surface area (Å²) >= 11 is 1.89. The maximum atomic E-state index is 4.84. The van der Waals surface area contributed by atoms with E-state index in [1.54, 1.807) is 0 Å². The fraction of sp³-hybridized carbons (Fsp3) is 0.786. The van der Waals surface area contributed by atoms with Crippen molar-refractivity contribution in [3.8, 4) is 0 Å². The number of hydrogen-bond donors (Lipinski definition) is 1. The van der Waals surface area contributed by atoms with E-state index in [1.165, 1.54) is 22.0 Å². The molecule has 98 valence electrons. The van der Waals surface area contributed by atoms with Crippen molar-refractivity contribution in [2.45, 2.75) is 72.4 Å². The summed E-state index contributed by atoms with van der Waals surface area (Å²) in [5.41, 5.74) is 1.29. The normalized spacial score (nSPS) is 13.6. The predicted molar refractivity (Wildman–Crippen MR) is 76.9 cm³/mol. The van der Waals surface area contributed by atoms with Crippen LogP contribution in [-0.4, -0.2) is 11.0 Å². The van der Waals surface area contributed by atoms with Crippen molar-refractivity contribution in [1.82, 2.24) is 10.3 Å². The third-order valence-corrected chi connectivity index (χ3v) is 4.30. The van der Waals surface area contributed by atoms with E-state index in [-0.39, 0.29) is 0 Å². The topological polar surface area (TPSA) is 24.9 Å². The highest BCUT2D eigenvalue weighted by molar-refractivity contribution is 7.11. The second-order valence-corrected chi connectivity index (χ2v) is 6.48. The lowest BCUT2D eigenvalue weighted by molar-refractivity contribution is 0.587. The molecular weight excluding hydrogens is 228 g/mol. The van der Waals surface area contributed by atoms with Gasteiger partial charge in [0.1, 0.15) is 0 Å². The quantitative estimate of drug-likeness (QED) is 0.819. The van der Waals surface area contributed by atoms with Gasteiger partial charge in [0.2, 0.25) is 0 Å². The molecule has 0 bridgehead atoms. The van der Waals surface area contributed by atoms with Gasteiger partial charge in [-0.05, 0) is 12.3 Å². The van der Waals surface area contributed by atoms with Crippen molar-refractivity contribution < 1.29 is 0 Å². The van der Waals surface area contributed by atoms with E-state index in [0.29, 0.717) is 17.9 Å². The molecule has 1 heterocycles. The lowest BCUT2D eigenvalue weighted by atomic mass is 10.1. The fourth-order valence-electron chi connectivity index (χ4n) is 1.64. The Balaban J connectivity index is 2.89. The molecule has 0 aliphatic carbocycles. The zero-order chi connectivity index (χ0) is 13.0. The maximum Gasteiger partial charge on any atom is 0.0959 e. The van der Waals surface area contributed by atoms with Gasteiger partial charge >= 0.3 is 0 Å². The van der Waals surface area contributed by atoms with Crippen LogP contribution in [0.5, 0.6) is 0 Å². The molecule has 1 rings (SSSR count). The van der Waals surface area contributed by atoms with Gasteiger partial charge in [-0.2, -0.15) is 0 Å². The van der Waals surface area contributed by atoms with E-state index in [2.05, 4.69) is 46.9 Å². The van der Waals surface area contributed by atoms with Crippen molar-refractivity contribution in [2.24, 2.45) is 0 Å². The Bertz CT molecular complexity index is 342. The Morgan fingerprint density at radius 2 is 1.82 bits per heavy atom. The molecule has 0 saturated carbocycles. The summed E-state index contributed by atoms with van der Waals surface area (Å²) in [5.74, 6) is 1.11. The third kappa shape index (κ3) is 4.07. The highest BCUT2D eigenvalue weighted by Crippen LogP contribution is 2.30. The Morgan fingerprint density at radius 3 is 2.29 bits per heavy atom. The Kier molecular flexibility index (Phi) is 5.60. The summed E-state index contributed by atoms with van der Waals surface area (Å²) in [5, 5.41) is 4.80. The van der Waals surface area contributed by atoms with Crippen LogP contribution in [0.1, 0.15) is 75.4 Å². The molecule has 0 amide bonds. The van der Waals surface area contributed by atoms with E-state index in [9.17, 15) is 0 Å². The first-order valence-electron chi connectivity index (χ1n) is 6.68. The molecule has 0 fully saturated rings. The number of aromatic nitrogens is 1.